The van der Waals surface area contributed by atoms with Crippen molar-refractivity contribution in [3.05, 3.63) is 41.0 Å². The number of methoxy groups -OCH3 is 1. The quantitative estimate of drug-likeness (QED) is 0.747. The lowest BCUT2D eigenvalue weighted by atomic mass is 10.3. The van der Waals surface area contributed by atoms with Gasteiger partial charge in [-0.2, -0.15) is 11.3 Å². The Morgan fingerprint density at radius 1 is 1.35 bits per heavy atom. The number of ether oxygens (including phenoxy) is 1. The molecule has 8 heteroatoms. The Kier molecular flexibility index (Phi) is 4.62. The van der Waals surface area contributed by atoms with Crippen molar-refractivity contribution >= 4 is 22.9 Å². The monoisotopic (exact) mass is 330 g/mol. The van der Waals surface area contributed by atoms with Gasteiger partial charge in [0.15, 0.2) is 0 Å². The summed E-state index contributed by atoms with van der Waals surface area (Å²) in [5, 5.41) is 14.6. The Morgan fingerprint density at radius 2 is 2.26 bits per heavy atom. The summed E-state index contributed by atoms with van der Waals surface area (Å²) < 4.78 is 10.5. The van der Waals surface area contributed by atoms with Crippen LogP contribution in [-0.2, 0) is 11.2 Å². The number of nitrogens with one attached hydrogen (secondary N) is 1. The maximum atomic E-state index is 11.9. The zero-order chi connectivity index (χ0) is 16.1. The highest BCUT2D eigenvalue weighted by molar-refractivity contribution is 7.08. The van der Waals surface area contributed by atoms with Crippen LogP contribution in [0.4, 0.5) is 5.69 Å². The molecule has 3 rings (SSSR count). The molecular weight excluding hydrogens is 316 g/mol. The first kappa shape index (κ1) is 15.2. The number of amides is 1. The van der Waals surface area contributed by atoms with Gasteiger partial charge in [-0.3, -0.25) is 4.79 Å². The highest BCUT2D eigenvalue weighted by atomic mass is 32.1. The summed E-state index contributed by atoms with van der Waals surface area (Å²) in [5.41, 5.74) is 1.50. The fourth-order valence-electron chi connectivity index (χ4n) is 1.88. The first-order valence-corrected chi connectivity index (χ1v) is 7.84. The predicted molar refractivity (Wildman–Crippen MR) is 85.4 cm³/mol. The molecule has 118 valence electrons. The summed E-state index contributed by atoms with van der Waals surface area (Å²) in [6, 6.07) is 5.32. The van der Waals surface area contributed by atoms with Crippen molar-refractivity contribution in [2.75, 3.05) is 12.4 Å². The molecule has 0 aliphatic carbocycles. The van der Waals surface area contributed by atoms with Gasteiger partial charge in [0.2, 0.25) is 23.6 Å². The average molecular weight is 330 g/mol. The number of thiophene rings is 1. The number of hydrogen-bond acceptors (Lipinski definition) is 7. The van der Waals surface area contributed by atoms with E-state index in [0.717, 1.165) is 5.56 Å². The smallest absolute Gasteiger partial charge is 0.248 e. The Hall–Kier alpha value is -2.74. The minimum absolute atomic E-state index is 0.146. The average Bonchev–Trinajstić information content (AvgIpc) is 3.25. The van der Waals surface area contributed by atoms with Crippen molar-refractivity contribution in [3.63, 3.8) is 0 Å². The summed E-state index contributed by atoms with van der Waals surface area (Å²) in [6.07, 6.45) is 2.17. The molecule has 0 aliphatic heterocycles. The van der Waals surface area contributed by atoms with E-state index in [2.05, 4.69) is 20.5 Å². The molecule has 3 aromatic rings. The molecule has 0 fully saturated rings. The van der Waals surface area contributed by atoms with Crippen LogP contribution in [0.1, 0.15) is 12.3 Å². The third-order valence-electron chi connectivity index (χ3n) is 3.03. The second-order valence-corrected chi connectivity index (χ2v) is 5.43. The fourth-order valence-corrected chi connectivity index (χ4v) is 2.51. The van der Waals surface area contributed by atoms with Gasteiger partial charge in [-0.05, 0) is 17.5 Å². The van der Waals surface area contributed by atoms with Crippen LogP contribution in [0.2, 0.25) is 0 Å². The number of anilines is 1. The van der Waals surface area contributed by atoms with Crippen LogP contribution < -0.4 is 10.1 Å². The van der Waals surface area contributed by atoms with Crippen molar-refractivity contribution in [3.8, 4) is 17.3 Å². The second-order valence-electron chi connectivity index (χ2n) is 4.65. The van der Waals surface area contributed by atoms with Crippen LogP contribution in [0.3, 0.4) is 0 Å². The molecule has 3 aromatic heterocycles. The van der Waals surface area contributed by atoms with E-state index < -0.39 is 0 Å². The summed E-state index contributed by atoms with van der Waals surface area (Å²) in [4.78, 5) is 15.9. The Balaban J connectivity index is 1.52. The normalized spacial score (nSPS) is 10.5. The molecule has 23 heavy (non-hydrogen) atoms. The molecule has 7 nitrogen and oxygen atoms in total. The molecule has 0 unspecified atom stereocenters. The highest BCUT2D eigenvalue weighted by Gasteiger charge is 2.11. The van der Waals surface area contributed by atoms with Crippen molar-refractivity contribution in [1.29, 1.82) is 0 Å². The molecule has 1 N–H and O–H groups in total. The summed E-state index contributed by atoms with van der Waals surface area (Å²) in [6.45, 7) is 0. The van der Waals surface area contributed by atoms with Gasteiger partial charge in [0.1, 0.15) is 0 Å². The number of carbonyl (C=O) groups is 1. The predicted octanol–water partition coefficient (Wildman–Crippen LogP) is 2.77. The lowest BCUT2D eigenvalue weighted by Gasteiger charge is -2.04. The van der Waals surface area contributed by atoms with Crippen LogP contribution in [0.25, 0.3) is 11.5 Å². The Bertz CT molecular complexity index is 768. The molecule has 0 bridgehead atoms. The molecule has 0 saturated carbocycles. The third kappa shape index (κ3) is 3.92. The van der Waals surface area contributed by atoms with E-state index in [0.29, 0.717) is 29.8 Å². The van der Waals surface area contributed by atoms with Gasteiger partial charge in [0.05, 0.1) is 19.0 Å². The van der Waals surface area contributed by atoms with Crippen molar-refractivity contribution in [2.24, 2.45) is 0 Å². The number of rotatable bonds is 6. The van der Waals surface area contributed by atoms with Crippen LogP contribution in [-0.4, -0.2) is 28.2 Å². The Morgan fingerprint density at radius 3 is 2.96 bits per heavy atom. The molecule has 1 amide bonds. The number of hydrogen-bond donors (Lipinski definition) is 1. The third-order valence-corrected chi connectivity index (χ3v) is 3.71. The molecule has 0 atom stereocenters. The molecule has 0 aliphatic rings. The van der Waals surface area contributed by atoms with Gasteiger partial charge in [-0.1, -0.05) is 0 Å². The molecule has 3 heterocycles. The first-order valence-electron chi connectivity index (χ1n) is 6.89. The minimum atomic E-state index is -0.146. The van der Waals surface area contributed by atoms with E-state index in [1.54, 1.807) is 23.5 Å². The van der Waals surface area contributed by atoms with E-state index in [9.17, 15) is 4.79 Å². The van der Waals surface area contributed by atoms with Gasteiger partial charge in [0, 0.05) is 29.9 Å². The van der Waals surface area contributed by atoms with Crippen molar-refractivity contribution < 1.29 is 13.9 Å². The number of nitrogens with zero attached hydrogens (tertiary/aromatic N) is 3. The number of aromatic nitrogens is 3. The van der Waals surface area contributed by atoms with Crippen molar-refractivity contribution in [2.45, 2.75) is 12.8 Å². The molecule has 0 aromatic carbocycles. The Labute approximate surface area is 136 Å². The van der Waals surface area contributed by atoms with Crippen LogP contribution in [0, 0.1) is 0 Å². The van der Waals surface area contributed by atoms with Gasteiger partial charge in [0.25, 0.3) is 0 Å². The van der Waals surface area contributed by atoms with Gasteiger partial charge >= 0.3 is 0 Å². The zero-order valence-electron chi connectivity index (χ0n) is 12.4. The van der Waals surface area contributed by atoms with Crippen LogP contribution in [0.5, 0.6) is 5.88 Å². The van der Waals surface area contributed by atoms with Crippen LogP contribution in [0.15, 0.2) is 39.6 Å². The lowest BCUT2D eigenvalue weighted by molar-refractivity contribution is -0.116. The number of pyridine rings is 1. The largest absolute Gasteiger partial charge is 0.481 e. The first-order chi connectivity index (χ1) is 11.2. The molecule has 0 spiro atoms. The molecular formula is C15H14N4O3S. The maximum absolute atomic E-state index is 11.9. The fraction of sp³-hybridized carbons (Fsp3) is 0.200. The SMILES string of the molecule is COc1ccc(NC(=O)CCc2nnc(-c3ccsc3)o2)cn1. The van der Waals surface area contributed by atoms with Gasteiger partial charge < -0.3 is 14.5 Å². The number of aryl methyl sites for hydroxylation is 1. The maximum Gasteiger partial charge on any atom is 0.248 e. The van der Waals surface area contributed by atoms with E-state index >= 15 is 0 Å². The summed E-state index contributed by atoms with van der Waals surface area (Å²) in [7, 11) is 1.54. The number of carbonyl (C=O) groups excluding carboxylic acids is 1. The van der Waals surface area contributed by atoms with Crippen LogP contribution >= 0.6 is 11.3 Å². The van der Waals surface area contributed by atoms with E-state index in [1.807, 2.05) is 16.8 Å². The summed E-state index contributed by atoms with van der Waals surface area (Å²) in [5.74, 6) is 1.26. The van der Waals surface area contributed by atoms with E-state index in [1.165, 1.54) is 13.3 Å². The van der Waals surface area contributed by atoms with Gasteiger partial charge in [-0.25, -0.2) is 4.98 Å². The topological polar surface area (TPSA) is 90.1 Å². The lowest BCUT2D eigenvalue weighted by Crippen LogP contribution is -2.12. The standard InChI is InChI=1S/C15H14N4O3S/c1-21-13-4-2-11(8-16-13)17-12(20)3-5-14-18-19-15(22-14)10-6-7-23-9-10/h2,4,6-9H,3,5H2,1H3,(H,17,20). The van der Waals surface area contributed by atoms with Gasteiger partial charge in [-0.15, -0.1) is 10.2 Å². The van der Waals surface area contributed by atoms with Crippen molar-refractivity contribution in [1.82, 2.24) is 15.2 Å². The second kappa shape index (κ2) is 7.01. The van der Waals surface area contributed by atoms with E-state index in [4.69, 9.17) is 9.15 Å². The molecule has 0 radical (unpaired) electrons. The minimum Gasteiger partial charge on any atom is -0.481 e. The van der Waals surface area contributed by atoms with E-state index in [-0.39, 0.29) is 12.3 Å². The summed E-state index contributed by atoms with van der Waals surface area (Å²) >= 11 is 1.56. The highest BCUT2D eigenvalue weighted by Crippen LogP contribution is 2.20. The zero-order valence-corrected chi connectivity index (χ0v) is 13.2. The molecule has 0 saturated heterocycles.